The molecule has 0 fully saturated rings. The minimum Gasteiger partial charge on any atom is -0.387 e. The van der Waals surface area contributed by atoms with Crippen LogP contribution in [0, 0.1) is 5.41 Å². The van der Waals surface area contributed by atoms with Crippen LogP contribution in [0.5, 0.6) is 0 Å². The monoisotopic (exact) mass is 302 g/mol. The number of sulfonamides is 1. The topological polar surface area (TPSA) is 49.4 Å². The summed E-state index contributed by atoms with van der Waals surface area (Å²) in [6.45, 7) is 10.3. The van der Waals surface area contributed by atoms with Crippen molar-refractivity contribution in [2.75, 3.05) is 13.6 Å². The fourth-order valence-electron chi connectivity index (χ4n) is 1.64. The fraction of sp³-hybridized carbons (Fsp3) is 0.538. The molecule has 0 aromatic carbocycles. The van der Waals surface area contributed by atoms with Crippen LogP contribution < -0.4 is 5.32 Å². The lowest BCUT2D eigenvalue weighted by molar-refractivity contribution is 0.253. The first-order valence-corrected chi connectivity index (χ1v) is 8.38. The Labute approximate surface area is 120 Å². The summed E-state index contributed by atoms with van der Waals surface area (Å²) in [5, 5.41) is 4.90. The fourth-order valence-corrected chi connectivity index (χ4v) is 4.02. The molecule has 0 unspecified atom stereocenters. The third-order valence-electron chi connectivity index (χ3n) is 2.96. The van der Waals surface area contributed by atoms with Crippen molar-refractivity contribution in [3.63, 3.8) is 0 Å². The van der Waals surface area contributed by atoms with Gasteiger partial charge >= 0.3 is 0 Å². The molecule has 1 aromatic rings. The summed E-state index contributed by atoms with van der Waals surface area (Å²) in [6.07, 6.45) is 1.61. The van der Waals surface area contributed by atoms with Gasteiger partial charge < -0.3 is 5.32 Å². The zero-order valence-electron chi connectivity index (χ0n) is 11.9. The van der Waals surface area contributed by atoms with Gasteiger partial charge in [-0.25, -0.2) is 8.42 Å². The summed E-state index contributed by atoms with van der Waals surface area (Å²) in [7, 11) is -1.78. The van der Waals surface area contributed by atoms with Crippen molar-refractivity contribution in [1.29, 1.82) is 0 Å². The van der Waals surface area contributed by atoms with Crippen molar-refractivity contribution >= 4 is 21.4 Å². The van der Waals surface area contributed by atoms with E-state index >= 15 is 0 Å². The molecule has 6 heteroatoms. The van der Waals surface area contributed by atoms with E-state index < -0.39 is 10.0 Å². The standard InChI is InChI=1S/C13H22N2O2S2/c1-6-14-11(13(2,3)4)10-15(5)19(16,17)12-8-7-9-18-12/h6-9,11,14H,1,10H2,2-5H3/t11-/m1/s1. The number of hydrogen-bond donors (Lipinski definition) is 1. The van der Waals surface area contributed by atoms with Crippen LogP contribution in [-0.4, -0.2) is 32.4 Å². The van der Waals surface area contributed by atoms with E-state index in [0.717, 1.165) is 0 Å². The molecular formula is C13H22N2O2S2. The lowest BCUT2D eigenvalue weighted by Crippen LogP contribution is -2.47. The maximum absolute atomic E-state index is 12.3. The van der Waals surface area contributed by atoms with Gasteiger partial charge in [0, 0.05) is 19.6 Å². The number of hydrogen-bond acceptors (Lipinski definition) is 4. The van der Waals surface area contributed by atoms with Gasteiger partial charge in [0.25, 0.3) is 10.0 Å². The zero-order valence-corrected chi connectivity index (χ0v) is 13.5. The van der Waals surface area contributed by atoms with Crippen LogP contribution >= 0.6 is 11.3 Å². The van der Waals surface area contributed by atoms with Gasteiger partial charge in [-0.1, -0.05) is 33.4 Å². The quantitative estimate of drug-likeness (QED) is 0.878. The molecule has 19 heavy (non-hydrogen) atoms. The van der Waals surface area contributed by atoms with E-state index in [9.17, 15) is 8.42 Å². The Hall–Kier alpha value is -0.850. The highest BCUT2D eigenvalue weighted by atomic mass is 32.2. The average molecular weight is 302 g/mol. The lowest BCUT2D eigenvalue weighted by Gasteiger charge is -2.33. The Kier molecular flexibility index (Phi) is 5.18. The smallest absolute Gasteiger partial charge is 0.252 e. The molecule has 0 aliphatic carbocycles. The van der Waals surface area contributed by atoms with Gasteiger partial charge in [0.2, 0.25) is 0 Å². The third-order valence-corrected chi connectivity index (χ3v) is 6.16. The van der Waals surface area contributed by atoms with Gasteiger partial charge in [0.15, 0.2) is 0 Å². The second-order valence-electron chi connectivity index (χ2n) is 5.51. The van der Waals surface area contributed by atoms with E-state index in [1.807, 2.05) is 0 Å². The summed E-state index contributed by atoms with van der Waals surface area (Å²) in [6, 6.07) is 3.38. The van der Waals surface area contributed by atoms with Gasteiger partial charge in [0.05, 0.1) is 0 Å². The number of thiophene rings is 1. The van der Waals surface area contributed by atoms with E-state index in [2.05, 4.69) is 32.7 Å². The van der Waals surface area contributed by atoms with Crippen molar-refractivity contribution in [2.24, 2.45) is 5.41 Å². The van der Waals surface area contributed by atoms with Gasteiger partial charge in [-0.05, 0) is 23.1 Å². The Morgan fingerprint density at radius 1 is 1.53 bits per heavy atom. The summed E-state index contributed by atoms with van der Waals surface area (Å²) in [4.78, 5) is 0. The molecule has 1 rings (SSSR count). The molecule has 0 saturated carbocycles. The van der Waals surface area contributed by atoms with Crippen molar-refractivity contribution in [3.05, 3.63) is 30.3 Å². The Bertz CT molecular complexity index is 501. The minimum absolute atomic E-state index is 0.00439. The molecule has 1 heterocycles. The largest absolute Gasteiger partial charge is 0.387 e. The van der Waals surface area contributed by atoms with Crippen LogP contribution in [0.3, 0.4) is 0 Å². The molecule has 0 spiro atoms. The summed E-state index contributed by atoms with van der Waals surface area (Å²) in [5.74, 6) is 0. The van der Waals surface area contributed by atoms with Crippen molar-refractivity contribution < 1.29 is 8.42 Å². The Morgan fingerprint density at radius 3 is 2.58 bits per heavy atom. The molecule has 0 aliphatic heterocycles. The SMILES string of the molecule is C=CN[C@H](CN(C)S(=O)(=O)c1cccs1)C(C)(C)C. The van der Waals surface area contributed by atoms with E-state index in [-0.39, 0.29) is 11.5 Å². The van der Waals surface area contributed by atoms with E-state index in [0.29, 0.717) is 10.8 Å². The first-order chi connectivity index (χ1) is 8.69. The molecule has 0 bridgehead atoms. The first-order valence-electron chi connectivity index (χ1n) is 6.06. The number of nitrogens with zero attached hydrogens (tertiary/aromatic N) is 1. The van der Waals surface area contributed by atoms with Gasteiger partial charge in [0.1, 0.15) is 4.21 Å². The lowest BCUT2D eigenvalue weighted by atomic mass is 9.87. The number of likely N-dealkylation sites (N-methyl/N-ethyl adjacent to an activating group) is 1. The van der Waals surface area contributed by atoms with Crippen LogP contribution in [0.1, 0.15) is 20.8 Å². The molecule has 1 atom stereocenters. The first kappa shape index (κ1) is 16.2. The summed E-state index contributed by atoms with van der Waals surface area (Å²) >= 11 is 1.24. The van der Waals surface area contributed by atoms with Gasteiger partial charge in [-0.2, -0.15) is 4.31 Å². The molecule has 0 aliphatic rings. The minimum atomic E-state index is -3.39. The van der Waals surface area contributed by atoms with Crippen LogP contribution in [0.25, 0.3) is 0 Å². The van der Waals surface area contributed by atoms with Crippen LogP contribution in [0.4, 0.5) is 0 Å². The predicted octanol–water partition coefficient (Wildman–Crippen LogP) is 2.52. The predicted molar refractivity (Wildman–Crippen MR) is 80.7 cm³/mol. The molecule has 0 amide bonds. The molecule has 4 nitrogen and oxygen atoms in total. The van der Waals surface area contributed by atoms with Gasteiger partial charge in [-0.15, -0.1) is 11.3 Å². The third kappa shape index (κ3) is 4.06. The second kappa shape index (κ2) is 6.07. The molecular weight excluding hydrogens is 280 g/mol. The van der Waals surface area contributed by atoms with Crippen LogP contribution in [0.2, 0.25) is 0 Å². The normalized spacial score (nSPS) is 14.4. The maximum atomic E-state index is 12.3. The molecule has 1 N–H and O–H groups in total. The Balaban J connectivity index is 2.89. The average Bonchev–Trinajstić information content (AvgIpc) is 2.80. The van der Waals surface area contributed by atoms with E-state index in [1.165, 1.54) is 15.6 Å². The highest BCUT2D eigenvalue weighted by Crippen LogP contribution is 2.24. The number of rotatable bonds is 6. The van der Waals surface area contributed by atoms with Crippen LogP contribution in [-0.2, 0) is 10.0 Å². The zero-order chi connectivity index (χ0) is 14.7. The van der Waals surface area contributed by atoms with Crippen molar-refractivity contribution in [2.45, 2.75) is 31.0 Å². The molecule has 1 aromatic heterocycles. The second-order valence-corrected chi connectivity index (χ2v) is 8.73. The summed E-state index contributed by atoms with van der Waals surface area (Å²) < 4.78 is 26.5. The van der Waals surface area contributed by atoms with Crippen molar-refractivity contribution in [1.82, 2.24) is 9.62 Å². The Morgan fingerprint density at radius 2 is 2.16 bits per heavy atom. The number of nitrogens with one attached hydrogen (secondary N) is 1. The molecule has 108 valence electrons. The molecule has 0 saturated heterocycles. The highest BCUT2D eigenvalue weighted by Gasteiger charge is 2.30. The van der Waals surface area contributed by atoms with Crippen molar-refractivity contribution in [3.8, 4) is 0 Å². The maximum Gasteiger partial charge on any atom is 0.252 e. The van der Waals surface area contributed by atoms with Gasteiger partial charge in [-0.3, -0.25) is 0 Å². The van der Waals surface area contributed by atoms with Crippen LogP contribution in [0.15, 0.2) is 34.5 Å². The van der Waals surface area contributed by atoms with E-state index in [1.54, 1.807) is 30.8 Å². The molecule has 0 radical (unpaired) electrons. The van der Waals surface area contributed by atoms with E-state index in [4.69, 9.17) is 0 Å². The highest BCUT2D eigenvalue weighted by molar-refractivity contribution is 7.91. The summed E-state index contributed by atoms with van der Waals surface area (Å²) in [5.41, 5.74) is -0.0621.